The van der Waals surface area contributed by atoms with Crippen LogP contribution in [0.4, 0.5) is 11.4 Å². The molecular weight excluding hydrogens is 346 g/mol. The number of anilines is 1. The third-order valence-corrected chi connectivity index (χ3v) is 3.78. The van der Waals surface area contributed by atoms with Gasteiger partial charge in [-0.2, -0.15) is 10.4 Å². The first-order valence-electron chi connectivity index (χ1n) is 7.22. The first-order valence-corrected chi connectivity index (χ1v) is 7.22. The fraction of sp³-hybridized carbons (Fsp3) is 0.250. The van der Waals surface area contributed by atoms with E-state index in [0.29, 0.717) is 11.3 Å². The quantitative estimate of drug-likeness (QED) is 0.639. The Hall–Kier alpha value is -2.89. The molecule has 0 aromatic heterocycles. The van der Waals surface area contributed by atoms with Crippen molar-refractivity contribution >= 4 is 29.5 Å². The summed E-state index contributed by atoms with van der Waals surface area (Å²) in [5.74, 6) is 0.0551. The maximum absolute atomic E-state index is 11.3. The van der Waals surface area contributed by atoms with Crippen LogP contribution in [0.25, 0.3) is 0 Å². The molecule has 0 bridgehead atoms. The highest BCUT2D eigenvalue weighted by Crippen LogP contribution is 2.36. The Morgan fingerprint density at radius 3 is 2.76 bits per heavy atom. The van der Waals surface area contributed by atoms with Crippen molar-refractivity contribution in [3.05, 3.63) is 57.4 Å². The van der Waals surface area contributed by atoms with Crippen molar-refractivity contribution < 1.29 is 9.66 Å². The second-order valence-electron chi connectivity index (χ2n) is 5.93. The van der Waals surface area contributed by atoms with Gasteiger partial charge in [0.2, 0.25) is 0 Å². The number of hydrogen-bond donors (Lipinski definition) is 1. The maximum Gasteiger partial charge on any atom is 0.294 e. The van der Waals surface area contributed by atoms with Crippen molar-refractivity contribution in [3.63, 3.8) is 0 Å². The zero-order valence-corrected chi connectivity index (χ0v) is 14.4. The minimum Gasteiger partial charge on any atom is -0.383 e. The van der Waals surface area contributed by atoms with Gasteiger partial charge in [-0.15, -0.1) is 12.4 Å². The van der Waals surface area contributed by atoms with E-state index in [1.807, 2.05) is 13.8 Å². The molecule has 0 fully saturated rings. The fourth-order valence-electron chi connectivity index (χ4n) is 2.62. The van der Waals surface area contributed by atoms with E-state index in [9.17, 15) is 15.4 Å². The number of ether oxygens (including phenoxy) is 1. The Morgan fingerprint density at radius 2 is 2.12 bits per heavy atom. The third-order valence-electron chi connectivity index (χ3n) is 3.78. The van der Waals surface area contributed by atoms with Gasteiger partial charge in [-0.25, -0.2) is 5.01 Å². The molecule has 0 radical (unpaired) electrons. The number of fused-ring (bicyclic) bond motifs is 1. The molecule has 3 rings (SSSR count). The van der Waals surface area contributed by atoms with E-state index in [-0.39, 0.29) is 41.8 Å². The second kappa shape index (κ2) is 6.55. The second-order valence-corrected chi connectivity index (χ2v) is 5.93. The summed E-state index contributed by atoms with van der Waals surface area (Å²) in [4.78, 5) is 10.7. The Labute approximate surface area is 150 Å². The molecule has 130 valence electrons. The minimum atomic E-state index is -0.544. The molecule has 2 aliphatic heterocycles. The van der Waals surface area contributed by atoms with E-state index >= 15 is 0 Å². The zero-order valence-electron chi connectivity index (χ0n) is 13.6. The number of hydrazone groups is 1. The van der Waals surface area contributed by atoms with Gasteiger partial charge in [0, 0.05) is 11.6 Å². The van der Waals surface area contributed by atoms with Crippen LogP contribution in [0.3, 0.4) is 0 Å². The largest absolute Gasteiger partial charge is 0.383 e. The Bertz CT molecular complexity index is 867. The average Bonchev–Trinajstić information content (AvgIpc) is 2.54. The summed E-state index contributed by atoms with van der Waals surface area (Å²) in [5, 5.41) is 26.4. The normalized spacial score (nSPS) is 18.4. The number of nitro groups is 1. The molecule has 0 amide bonds. The van der Waals surface area contributed by atoms with Crippen LogP contribution >= 0.6 is 12.4 Å². The van der Waals surface area contributed by atoms with Crippen molar-refractivity contribution in [1.29, 1.82) is 5.26 Å². The molecular formula is C16H16ClN5O3. The number of nitrogens with zero attached hydrogens (tertiary/aromatic N) is 4. The van der Waals surface area contributed by atoms with Gasteiger partial charge < -0.3 is 10.5 Å². The number of nitriles is 1. The zero-order chi connectivity index (χ0) is 17.5. The number of rotatable bonds is 2. The molecule has 0 saturated heterocycles. The molecule has 2 N–H and O–H groups in total. The van der Waals surface area contributed by atoms with Crippen LogP contribution in [-0.4, -0.2) is 22.8 Å². The summed E-state index contributed by atoms with van der Waals surface area (Å²) < 4.78 is 5.68. The molecule has 9 heteroatoms. The van der Waals surface area contributed by atoms with Crippen molar-refractivity contribution in [2.24, 2.45) is 10.8 Å². The molecule has 2 heterocycles. The lowest BCUT2D eigenvalue weighted by Crippen LogP contribution is -2.39. The van der Waals surface area contributed by atoms with Crippen LogP contribution in [0.2, 0.25) is 0 Å². The first kappa shape index (κ1) is 18.4. The molecule has 0 aliphatic carbocycles. The SMILES string of the molecule is CC1(C)C=C2C(=NN(c3ccccc3[N+](=O)[O-])C(N)=C2C#N)CO1.Cl. The smallest absolute Gasteiger partial charge is 0.294 e. The maximum atomic E-state index is 11.3. The van der Waals surface area contributed by atoms with Gasteiger partial charge in [-0.1, -0.05) is 12.1 Å². The van der Waals surface area contributed by atoms with E-state index < -0.39 is 10.5 Å². The molecule has 1 aromatic rings. The number of halogens is 1. The lowest BCUT2D eigenvalue weighted by atomic mass is 9.92. The summed E-state index contributed by atoms with van der Waals surface area (Å²) in [6.45, 7) is 3.93. The predicted octanol–water partition coefficient (Wildman–Crippen LogP) is 2.62. The van der Waals surface area contributed by atoms with E-state index in [2.05, 4.69) is 11.2 Å². The topological polar surface area (TPSA) is 118 Å². The molecule has 0 atom stereocenters. The fourth-order valence-corrected chi connectivity index (χ4v) is 2.62. The van der Waals surface area contributed by atoms with Gasteiger partial charge in [0.15, 0.2) is 0 Å². The summed E-state index contributed by atoms with van der Waals surface area (Å²) in [5.41, 5.74) is 6.97. The lowest BCUT2D eigenvalue weighted by molar-refractivity contribution is -0.384. The average molecular weight is 362 g/mol. The van der Waals surface area contributed by atoms with E-state index in [1.165, 1.54) is 17.1 Å². The van der Waals surface area contributed by atoms with Crippen LogP contribution < -0.4 is 10.7 Å². The summed E-state index contributed by atoms with van der Waals surface area (Å²) in [6.07, 6.45) is 1.79. The molecule has 0 unspecified atom stereocenters. The number of nitro benzene ring substituents is 1. The minimum absolute atomic E-state index is 0. The molecule has 2 aliphatic rings. The van der Waals surface area contributed by atoms with Crippen molar-refractivity contribution in [2.75, 3.05) is 11.6 Å². The molecule has 0 saturated carbocycles. The highest BCUT2D eigenvalue weighted by Gasteiger charge is 2.34. The van der Waals surface area contributed by atoms with E-state index in [1.54, 1.807) is 18.2 Å². The first-order chi connectivity index (χ1) is 11.3. The Balaban J connectivity index is 0.00000225. The van der Waals surface area contributed by atoms with Gasteiger partial charge >= 0.3 is 0 Å². The highest BCUT2D eigenvalue weighted by atomic mass is 35.5. The Morgan fingerprint density at radius 1 is 1.44 bits per heavy atom. The van der Waals surface area contributed by atoms with Crippen molar-refractivity contribution in [3.8, 4) is 6.07 Å². The standard InChI is InChI=1S/C16H15N5O3.ClH/c1-16(2)7-10-11(8-17)15(18)20(19-12(10)9-24-16)13-5-3-4-6-14(13)21(22)23;/h3-7H,9,18H2,1-2H3;1H. The number of hydrogen-bond acceptors (Lipinski definition) is 7. The van der Waals surface area contributed by atoms with Crippen LogP contribution in [0.5, 0.6) is 0 Å². The molecule has 8 nitrogen and oxygen atoms in total. The van der Waals surface area contributed by atoms with Crippen LogP contribution in [0.15, 0.2) is 52.4 Å². The Kier molecular flexibility index (Phi) is 4.83. The number of allylic oxidation sites excluding steroid dienone is 1. The van der Waals surface area contributed by atoms with Crippen molar-refractivity contribution in [1.82, 2.24) is 0 Å². The summed E-state index contributed by atoms with van der Waals surface area (Å²) in [7, 11) is 0. The molecule has 0 spiro atoms. The van der Waals surface area contributed by atoms with E-state index in [4.69, 9.17) is 10.5 Å². The van der Waals surface area contributed by atoms with Crippen LogP contribution in [0.1, 0.15) is 13.8 Å². The van der Waals surface area contributed by atoms with Crippen molar-refractivity contribution in [2.45, 2.75) is 19.4 Å². The number of benzene rings is 1. The van der Waals surface area contributed by atoms with Crippen LogP contribution in [0, 0.1) is 21.4 Å². The summed E-state index contributed by atoms with van der Waals surface area (Å²) >= 11 is 0. The molecule has 25 heavy (non-hydrogen) atoms. The van der Waals surface area contributed by atoms with Gasteiger partial charge in [-0.3, -0.25) is 10.1 Å². The van der Waals surface area contributed by atoms with Gasteiger partial charge in [0.25, 0.3) is 5.69 Å². The molecule has 1 aromatic carbocycles. The lowest BCUT2D eigenvalue weighted by Gasteiger charge is -2.34. The van der Waals surface area contributed by atoms with Gasteiger partial charge in [0.1, 0.15) is 23.2 Å². The monoisotopic (exact) mass is 361 g/mol. The number of para-hydroxylation sites is 2. The predicted molar refractivity (Wildman–Crippen MR) is 95.2 cm³/mol. The number of nitrogens with two attached hydrogens (primary N) is 1. The highest BCUT2D eigenvalue weighted by molar-refractivity contribution is 6.08. The van der Waals surface area contributed by atoms with E-state index in [0.717, 1.165) is 0 Å². The van der Waals surface area contributed by atoms with Gasteiger partial charge in [-0.05, 0) is 26.0 Å². The van der Waals surface area contributed by atoms with Crippen LogP contribution in [-0.2, 0) is 4.74 Å². The third kappa shape index (κ3) is 3.20. The summed E-state index contributed by atoms with van der Waals surface area (Å²) in [6, 6.07) is 8.18. The van der Waals surface area contributed by atoms with Gasteiger partial charge in [0.05, 0.1) is 22.8 Å².